The molecular formula is C19H15Cl2NO3. The Balaban J connectivity index is 2.38. The molecule has 0 amide bonds. The molecule has 0 aliphatic rings. The van der Waals surface area contributed by atoms with E-state index >= 15 is 0 Å². The fraction of sp³-hybridized carbons (Fsp3) is 0.158. The highest BCUT2D eigenvalue weighted by Gasteiger charge is 2.22. The molecular weight excluding hydrogens is 361 g/mol. The molecule has 4 nitrogen and oxygen atoms in total. The van der Waals surface area contributed by atoms with Crippen molar-refractivity contribution in [3.63, 3.8) is 0 Å². The van der Waals surface area contributed by atoms with Crippen LogP contribution in [0.5, 0.6) is 0 Å². The number of fused-ring (bicyclic) bond motifs is 1. The Morgan fingerprint density at radius 1 is 1.04 bits per heavy atom. The van der Waals surface area contributed by atoms with E-state index in [0.717, 1.165) is 0 Å². The summed E-state index contributed by atoms with van der Waals surface area (Å²) in [7, 11) is 0. The minimum Gasteiger partial charge on any atom is -0.459 e. The molecule has 25 heavy (non-hydrogen) atoms. The van der Waals surface area contributed by atoms with Crippen molar-refractivity contribution in [2.45, 2.75) is 20.0 Å². The molecule has 0 atom stereocenters. The normalized spacial score (nSPS) is 11.1. The highest BCUT2D eigenvalue weighted by molar-refractivity contribution is 6.31. The number of carbonyl (C=O) groups is 1. The van der Waals surface area contributed by atoms with Gasteiger partial charge in [-0.2, -0.15) is 0 Å². The van der Waals surface area contributed by atoms with Crippen LogP contribution < -0.4 is 5.56 Å². The zero-order chi connectivity index (χ0) is 18.1. The minimum atomic E-state index is -0.571. The van der Waals surface area contributed by atoms with Gasteiger partial charge >= 0.3 is 5.97 Å². The van der Waals surface area contributed by atoms with Crippen LogP contribution in [0.2, 0.25) is 10.0 Å². The van der Waals surface area contributed by atoms with Crippen LogP contribution in [-0.4, -0.2) is 17.1 Å². The van der Waals surface area contributed by atoms with Crippen LogP contribution in [0.4, 0.5) is 0 Å². The number of aromatic amines is 1. The van der Waals surface area contributed by atoms with Crippen molar-refractivity contribution in [2.75, 3.05) is 0 Å². The molecule has 0 bridgehead atoms. The van der Waals surface area contributed by atoms with Crippen molar-refractivity contribution in [2.24, 2.45) is 0 Å². The number of halogens is 2. The first-order chi connectivity index (χ1) is 11.9. The van der Waals surface area contributed by atoms with Gasteiger partial charge in [0.2, 0.25) is 0 Å². The maximum absolute atomic E-state index is 12.7. The second-order valence-electron chi connectivity index (χ2n) is 5.85. The van der Waals surface area contributed by atoms with E-state index < -0.39 is 5.97 Å². The van der Waals surface area contributed by atoms with Crippen molar-refractivity contribution in [3.05, 3.63) is 68.4 Å². The van der Waals surface area contributed by atoms with Crippen molar-refractivity contribution >= 4 is 40.1 Å². The summed E-state index contributed by atoms with van der Waals surface area (Å²) in [6, 6.07) is 11.7. The van der Waals surface area contributed by atoms with Crippen LogP contribution >= 0.6 is 23.2 Å². The number of pyridine rings is 1. The summed E-state index contributed by atoms with van der Waals surface area (Å²) >= 11 is 12.0. The van der Waals surface area contributed by atoms with Crippen molar-refractivity contribution in [1.29, 1.82) is 0 Å². The average Bonchev–Trinajstić information content (AvgIpc) is 2.54. The molecule has 3 rings (SSSR count). The monoisotopic (exact) mass is 375 g/mol. The quantitative estimate of drug-likeness (QED) is 0.650. The van der Waals surface area contributed by atoms with Gasteiger partial charge in [-0.05, 0) is 49.7 Å². The summed E-state index contributed by atoms with van der Waals surface area (Å²) in [5, 5.41) is 1.53. The first-order valence-corrected chi connectivity index (χ1v) is 8.45. The van der Waals surface area contributed by atoms with Crippen LogP contribution in [-0.2, 0) is 4.74 Å². The maximum atomic E-state index is 12.7. The highest BCUT2D eigenvalue weighted by atomic mass is 35.5. The van der Waals surface area contributed by atoms with E-state index in [9.17, 15) is 9.59 Å². The molecule has 0 saturated heterocycles. The number of esters is 1. The average molecular weight is 376 g/mol. The van der Waals surface area contributed by atoms with Gasteiger partial charge in [0.05, 0.1) is 17.2 Å². The molecule has 0 aliphatic heterocycles. The van der Waals surface area contributed by atoms with Gasteiger partial charge in [-0.3, -0.25) is 4.79 Å². The third-order valence-corrected chi connectivity index (χ3v) is 4.14. The smallest absolute Gasteiger partial charge is 0.339 e. The van der Waals surface area contributed by atoms with Crippen molar-refractivity contribution in [3.8, 4) is 11.1 Å². The predicted octanol–water partition coefficient (Wildman–Crippen LogP) is 5.07. The lowest BCUT2D eigenvalue weighted by molar-refractivity contribution is 0.0381. The number of aromatic nitrogens is 1. The second-order valence-corrected chi connectivity index (χ2v) is 6.73. The van der Waals surface area contributed by atoms with E-state index in [1.165, 1.54) is 0 Å². The molecule has 0 unspecified atom stereocenters. The van der Waals surface area contributed by atoms with Crippen LogP contribution in [0.3, 0.4) is 0 Å². The molecule has 0 saturated carbocycles. The van der Waals surface area contributed by atoms with Crippen LogP contribution in [0.25, 0.3) is 22.0 Å². The van der Waals surface area contributed by atoms with E-state index in [1.807, 2.05) is 0 Å². The number of benzene rings is 2. The molecule has 0 spiro atoms. The second kappa shape index (κ2) is 6.90. The van der Waals surface area contributed by atoms with E-state index in [2.05, 4.69) is 4.98 Å². The molecule has 6 heteroatoms. The molecule has 0 radical (unpaired) electrons. The third-order valence-electron chi connectivity index (χ3n) is 3.66. The third kappa shape index (κ3) is 3.55. The van der Waals surface area contributed by atoms with Crippen LogP contribution in [0, 0.1) is 0 Å². The van der Waals surface area contributed by atoms with E-state index in [0.29, 0.717) is 26.5 Å². The lowest BCUT2D eigenvalue weighted by Gasteiger charge is -2.14. The van der Waals surface area contributed by atoms with Gasteiger partial charge in [-0.1, -0.05) is 35.3 Å². The van der Waals surface area contributed by atoms with Crippen LogP contribution in [0.1, 0.15) is 24.2 Å². The number of hydrogen-bond acceptors (Lipinski definition) is 3. The van der Waals surface area contributed by atoms with Gasteiger partial charge in [0.1, 0.15) is 0 Å². The summed E-state index contributed by atoms with van der Waals surface area (Å²) in [6.45, 7) is 3.50. The fourth-order valence-corrected chi connectivity index (χ4v) is 2.94. The molecule has 1 aromatic heterocycles. The summed E-state index contributed by atoms with van der Waals surface area (Å²) in [5.74, 6) is -0.571. The predicted molar refractivity (Wildman–Crippen MR) is 101 cm³/mol. The summed E-state index contributed by atoms with van der Waals surface area (Å²) in [6.07, 6.45) is -0.320. The first-order valence-electron chi connectivity index (χ1n) is 7.69. The topological polar surface area (TPSA) is 59.2 Å². The van der Waals surface area contributed by atoms with E-state index in [1.54, 1.807) is 56.3 Å². The molecule has 128 valence electrons. The Bertz CT molecular complexity index is 1010. The zero-order valence-corrected chi connectivity index (χ0v) is 15.1. The number of carbonyl (C=O) groups excluding carboxylic acids is 1. The summed E-state index contributed by atoms with van der Waals surface area (Å²) < 4.78 is 5.36. The number of nitrogens with one attached hydrogen (secondary N) is 1. The van der Waals surface area contributed by atoms with Gasteiger partial charge in [0.15, 0.2) is 0 Å². The molecule has 2 aromatic carbocycles. The van der Waals surface area contributed by atoms with Crippen LogP contribution in [0.15, 0.2) is 47.3 Å². The Hall–Kier alpha value is -2.30. The zero-order valence-electron chi connectivity index (χ0n) is 13.6. The Morgan fingerprint density at radius 2 is 1.68 bits per heavy atom. The largest absolute Gasteiger partial charge is 0.459 e. The van der Waals surface area contributed by atoms with Crippen molar-refractivity contribution < 1.29 is 9.53 Å². The van der Waals surface area contributed by atoms with E-state index in [-0.39, 0.29) is 22.8 Å². The lowest BCUT2D eigenvalue weighted by atomic mass is 9.97. The van der Waals surface area contributed by atoms with Gasteiger partial charge in [0.25, 0.3) is 5.56 Å². The van der Waals surface area contributed by atoms with Gasteiger partial charge in [-0.25, -0.2) is 4.79 Å². The summed E-state index contributed by atoms with van der Waals surface area (Å²) in [4.78, 5) is 28.2. The standard InChI is InChI=1S/C19H15Cl2NO3/c1-10(2)25-19(24)17-14-9-13(21)7-8-15(14)22-18(23)16(17)11-3-5-12(20)6-4-11/h3-10H,1-2H3,(H,22,23). The number of rotatable bonds is 3. The molecule has 1 heterocycles. The molecule has 1 N–H and O–H groups in total. The fourth-order valence-electron chi connectivity index (χ4n) is 2.64. The maximum Gasteiger partial charge on any atom is 0.339 e. The number of ether oxygens (including phenoxy) is 1. The SMILES string of the molecule is CC(C)OC(=O)c1c(-c2ccc(Cl)cc2)c(=O)[nH]c2ccc(Cl)cc12. The highest BCUT2D eigenvalue weighted by Crippen LogP contribution is 2.29. The minimum absolute atomic E-state index is 0.192. The molecule has 0 aliphatic carbocycles. The van der Waals surface area contributed by atoms with Gasteiger partial charge < -0.3 is 9.72 Å². The number of H-pyrrole nitrogens is 1. The van der Waals surface area contributed by atoms with Gasteiger partial charge in [0, 0.05) is 20.9 Å². The van der Waals surface area contributed by atoms with E-state index in [4.69, 9.17) is 27.9 Å². The molecule has 0 fully saturated rings. The molecule has 3 aromatic rings. The van der Waals surface area contributed by atoms with Crippen molar-refractivity contribution in [1.82, 2.24) is 4.98 Å². The first kappa shape index (κ1) is 17.5. The Labute approximate surface area is 154 Å². The summed E-state index contributed by atoms with van der Waals surface area (Å²) in [5.41, 5.74) is 1.13. The van der Waals surface area contributed by atoms with Gasteiger partial charge in [-0.15, -0.1) is 0 Å². The Kier molecular flexibility index (Phi) is 4.84. The lowest BCUT2D eigenvalue weighted by Crippen LogP contribution is -2.19. The number of hydrogen-bond donors (Lipinski definition) is 1. The Morgan fingerprint density at radius 3 is 2.32 bits per heavy atom.